The molecule has 4 aromatic carbocycles. The molecule has 0 aliphatic rings. The molecule has 0 unspecified atom stereocenters. The van der Waals surface area contributed by atoms with Gasteiger partial charge in [-0.3, -0.25) is 0 Å². The Morgan fingerprint density at radius 3 is 2.15 bits per heavy atom. The lowest BCUT2D eigenvalue weighted by atomic mass is 10.00. The third kappa shape index (κ3) is 6.62. The molecular weight excluding hydrogens is 538 g/mol. The Bertz CT molecular complexity index is 1850. The lowest BCUT2D eigenvalue weighted by molar-refractivity contribution is -0.136. The van der Waals surface area contributed by atoms with Crippen LogP contribution < -0.4 is 15.1 Å². The van der Waals surface area contributed by atoms with E-state index in [9.17, 15) is 18.0 Å². The standard InChI is InChI=1S/C33H29NO6S/c1-22-13-16-27(17-14-22)41(37,38)34-30(20-25-11-7-4-8-12-25)33(36)39-26-15-18-28-23(2)29(32(35)40-31(28)21-26)19-24-9-5-3-6-10-24/h3-18,21,30,34H,19-20H2,1-2H3/t30-/m0/s1. The van der Waals surface area contributed by atoms with Gasteiger partial charge in [0.15, 0.2) is 0 Å². The van der Waals surface area contributed by atoms with Crippen molar-refractivity contribution in [2.75, 3.05) is 0 Å². The highest BCUT2D eigenvalue weighted by molar-refractivity contribution is 7.89. The minimum Gasteiger partial charge on any atom is -0.425 e. The van der Waals surface area contributed by atoms with Crippen LogP contribution in [-0.4, -0.2) is 20.4 Å². The molecule has 208 valence electrons. The molecule has 0 spiro atoms. The molecule has 5 aromatic rings. The number of sulfonamides is 1. The Kier molecular flexibility index (Phi) is 8.14. The summed E-state index contributed by atoms with van der Waals surface area (Å²) in [7, 11) is -4.02. The van der Waals surface area contributed by atoms with E-state index < -0.39 is 27.7 Å². The molecule has 0 aliphatic heterocycles. The van der Waals surface area contributed by atoms with Gasteiger partial charge >= 0.3 is 11.6 Å². The van der Waals surface area contributed by atoms with Gasteiger partial charge in [0.05, 0.1) is 4.90 Å². The highest BCUT2D eigenvalue weighted by Gasteiger charge is 2.28. The lowest BCUT2D eigenvalue weighted by Crippen LogP contribution is -2.44. The number of rotatable bonds is 9. The van der Waals surface area contributed by atoms with Crippen LogP contribution >= 0.6 is 0 Å². The summed E-state index contributed by atoms with van der Waals surface area (Å²) >= 11 is 0. The average molecular weight is 568 g/mol. The molecule has 0 saturated heterocycles. The molecular formula is C33H29NO6S. The molecule has 0 radical (unpaired) electrons. The van der Waals surface area contributed by atoms with Gasteiger partial charge in [-0.25, -0.2) is 18.0 Å². The minimum atomic E-state index is -4.02. The number of hydrogen-bond donors (Lipinski definition) is 1. The number of fused-ring (bicyclic) bond motifs is 1. The maximum absolute atomic E-state index is 13.4. The molecule has 8 heteroatoms. The second-order valence-electron chi connectivity index (χ2n) is 9.91. The van der Waals surface area contributed by atoms with E-state index in [0.717, 1.165) is 27.6 Å². The third-order valence-corrected chi connectivity index (χ3v) is 8.38. The SMILES string of the molecule is Cc1ccc(S(=O)(=O)N[C@@H](Cc2ccccc2)C(=O)Oc2ccc3c(C)c(Cc4ccccc4)c(=O)oc3c2)cc1. The molecule has 7 nitrogen and oxygen atoms in total. The number of carbonyl (C=O) groups excluding carboxylic acids is 1. The van der Waals surface area contributed by atoms with Crippen molar-refractivity contribution >= 4 is 27.0 Å². The minimum absolute atomic E-state index is 0.0447. The van der Waals surface area contributed by atoms with Gasteiger partial charge in [-0.1, -0.05) is 78.4 Å². The van der Waals surface area contributed by atoms with Crippen LogP contribution in [0.5, 0.6) is 5.75 Å². The first-order valence-corrected chi connectivity index (χ1v) is 14.6. The number of benzene rings is 4. The van der Waals surface area contributed by atoms with Crippen LogP contribution in [-0.2, 0) is 27.7 Å². The van der Waals surface area contributed by atoms with E-state index in [1.54, 1.807) is 36.4 Å². The fraction of sp³-hybridized carbons (Fsp3) is 0.152. The predicted octanol–water partition coefficient (Wildman–Crippen LogP) is 5.50. The van der Waals surface area contributed by atoms with Crippen LogP contribution in [0, 0.1) is 13.8 Å². The van der Waals surface area contributed by atoms with E-state index in [2.05, 4.69) is 4.72 Å². The van der Waals surface area contributed by atoms with Crippen molar-refractivity contribution < 1.29 is 22.4 Å². The Morgan fingerprint density at radius 1 is 0.854 bits per heavy atom. The Hall–Kier alpha value is -4.53. The molecule has 0 saturated carbocycles. The molecule has 0 fully saturated rings. The van der Waals surface area contributed by atoms with E-state index >= 15 is 0 Å². The fourth-order valence-corrected chi connectivity index (χ4v) is 5.81. The molecule has 1 N–H and O–H groups in total. The van der Waals surface area contributed by atoms with E-state index in [-0.39, 0.29) is 22.6 Å². The van der Waals surface area contributed by atoms with Crippen molar-refractivity contribution in [1.29, 1.82) is 0 Å². The Labute approximate surface area is 238 Å². The zero-order valence-electron chi connectivity index (χ0n) is 22.7. The first-order chi connectivity index (χ1) is 19.7. The second kappa shape index (κ2) is 11.9. The van der Waals surface area contributed by atoms with Gasteiger partial charge in [0.25, 0.3) is 0 Å². The van der Waals surface area contributed by atoms with Gasteiger partial charge in [-0.05, 0) is 61.2 Å². The van der Waals surface area contributed by atoms with E-state index in [1.807, 2.05) is 62.4 Å². The fourth-order valence-electron chi connectivity index (χ4n) is 4.63. The van der Waals surface area contributed by atoms with Crippen molar-refractivity contribution in [3.63, 3.8) is 0 Å². The zero-order valence-corrected chi connectivity index (χ0v) is 23.5. The maximum Gasteiger partial charge on any atom is 0.340 e. The number of hydrogen-bond acceptors (Lipinski definition) is 6. The van der Waals surface area contributed by atoms with Crippen LogP contribution in [0.15, 0.2) is 117 Å². The highest BCUT2D eigenvalue weighted by atomic mass is 32.2. The monoisotopic (exact) mass is 567 g/mol. The van der Waals surface area contributed by atoms with E-state index in [0.29, 0.717) is 12.0 Å². The second-order valence-corrected chi connectivity index (χ2v) is 11.6. The summed E-state index contributed by atoms with van der Waals surface area (Å²) < 4.78 is 40.0. The van der Waals surface area contributed by atoms with Crippen LogP contribution in [0.1, 0.15) is 27.8 Å². The van der Waals surface area contributed by atoms with Crippen molar-refractivity contribution in [2.24, 2.45) is 0 Å². The average Bonchev–Trinajstić information content (AvgIpc) is 2.96. The molecule has 5 rings (SSSR count). The Balaban J connectivity index is 1.41. The van der Waals surface area contributed by atoms with Gasteiger partial charge in [0, 0.05) is 23.4 Å². The largest absolute Gasteiger partial charge is 0.425 e. The highest BCUT2D eigenvalue weighted by Crippen LogP contribution is 2.26. The maximum atomic E-state index is 13.4. The van der Waals surface area contributed by atoms with Crippen molar-refractivity contribution in [3.8, 4) is 5.75 Å². The molecule has 0 amide bonds. The van der Waals surface area contributed by atoms with Gasteiger partial charge in [0.2, 0.25) is 10.0 Å². The number of esters is 1. The Morgan fingerprint density at radius 2 is 1.49 bits per heavy atom. The van der Waals surface area contributed by atoms with Crippen LogP contribution in [0.25, 0.3) is 11.0 Å². The number of nitrogens with one attached hydrogen (secondary N) is 1. The molecule has 41 heavy (non-hydrogen) atoms. The number of aryl methyl sites for hydroxylation is 2. The van der Waals surface area contributed by atoms with Crippen LogP contribution in [0.4, 0.5) is 0 Å². The van der Waals surface area contributed by atoms with Crippen LogP contribution in [0.2, 0.25) is 0 Å². The quantitative estimate of drug-likeness (QED) is 0.143. The number of ether oxygens (including phenoxy) is 1. The molecule has 1 heterocycles. The molecule has 1 aromatic heterocycles. The first-order valence-electron chi connectivity index (χ1n) is 13.1. The van der Waals surface area contributed by atoms with Crippen molar-refractivity contribution in [3.05, 3.63) is 141 Å². The van der Waals surface area contributed by atoms with Gasteiger partial charge in [-0.15, -0.1) is 0 Å². The molecule has 0 aliphatic carbocycles. The summed E-state index contributed by atoms with van der Waals surface area (Å²) in [5.74, 6) is -0.655. The predicted molar refractivity (Wildman–Crippen MR) is 158 cm³/mol. The molecule has 0 bridgehead atoms. The lowest BCUT2D eigenvalue weighted by Gasteiger charge is -2.18. The summed E-state index contributed by atoms with van der Waals surface area (Å²) in [5.41, 5.74) is 3.81. The zero-order chi connectivity index (χ0) is 29.0. The number of carbonyl (C=O) groups is 1. The van der Waals surface area contributed by atoms with Gasteiger partial charge < -0.3 is 9.15 Å². The topological polar surface area (TPSA) is 103 Å². The summed E-state index contributed by atoms with van der Waals surface area (Å²) in [6, 6.07) is 28.7. The summed E-state index contributed by atoms with van der Waals surface area (Å²) in [4.78, 5) is 26.3. The third-order valence-electron chi connectivity index (χ3n) is 6.90. The van der Waals surface area contributed by atoms with E-state index in [4.69, 9.17) is 9.15 Å². The summed E-state index contributed by atoms with van der Waals surface area (Å²) in [5, 5.41) is 0.719. The van der Waals surface area contributed by atoms with E-state index in [1.165, 1.54) is 18.2 Å². The van der Waals surface area contributed by atoms with Crippen molar-refractivity contribution in [1.82, 2.24) is 4.72 Å². The smallest absolute Gasteiger partial charge is 0.340 e. The summed E-state index contributed by atoms with van der Waals surface area (Å²) in [6.07, 6.45) is 0.513. The van der Waals surface area contributed by atoms with Gasteiger partial charge in [0.1, 0.15) is 17.4 Å². The normalized spacial score (nSPS) is 12.2. The first kappa shape index (κ1) is 28.0. The summed E-state index contributed by atoms with van der Waals surface area (Å²) in [6.45, 7) is 3.72. The van der Waals surface area contributed by atoms with Gasteiger partial charge in [-0.2, -0.15) is 4.72 Å². The van der Waals surface area contributed by atoms with Crippen molar-refractivity contribution in [2.45, 2.75) is 37.6 Å². The van der Waals surface area contributed by atoms with Crippen LogP contribution in [0.3, 0.4) is 0 Å². The molecule has 1 atom stereocenters.